The van der Waals surface area contributed by atoms with Crippen LogP contribution in [0.1, 0.15) is 37.7 Å². The van der Waals surface area contributed by atoms with E-state index in [1.54, 1.807) is 6.08 Å². The standard InChI is InChI=1S/C13H17NO2/c1-9-10(6-8-12(15)16)5-7-11(14-9)13(2,3)4/h5-8H,1-4H3,(H,15,16). The van der Waals surface area contributed by atoms with E-state index in [4.69, 9.17) is 5.11 Å². The fraction of sp³-hybridized carbons (Fsp3) is 0.385. The van der Waals surface area contributed by atoms with Gasteiger partial charge in [-0.3, -0.25) is 4.98 Å². The van der Waals surface area contributed by atoms with Gasteiger partial charge >= 0.3 is 5.97 Å². The van der Waals surface area contributed by atoms with Crippen LogP contribution in [-0.4, -0.2) is 16.1 Å². The molecule has 0 bridgehead atoms. The van der Waals surface area contributed by atoms with Crippen molar-refractivity contribution in [1.82, 2.24) is 4.98 Å². The van der Waals surface area contributed by atoms with Gasteiger partial charge in [-0.2, -0.15) is 0 Å². The van der Waals surface area contributed by atoms with Gasteiger partial charge < -0.3 is 5.11 Å². The van der Waals surface area contributed by atoms with Crippen molar-refractivity contribution < 1.29 is 9.90 Å². The third-order valence-corrected chi connectivity index (χ3v) is 2.30. The first kappa shape index (κ1) is 12.4. The van der Waals surface area contributed by atoms with Gasteiger partial charge in [0, 0.05) is 22.9 Å². The predicted octanol–water partition coefficient (Wildman–Crippen LogP) is 2.79. The number of pyridine rings is 1. The molecule has 0 saturated heterocycles. The highest BCUT2D eigenvalue weighted by molar-refractivity contribution is 5.85. The maximum atomic E-state index is 10.4. The Morgan fingerprint density at radius 3 is 2.44 bits per heavy atom. The Bertz CT molecular complexity index is 428. The molecule has 3 nitrogen and oxygen atoms in total. The van der Waals surface area contributed by atoms with Crippen molar-refractivity contribution in [2.75, 3.05) is 0 Å². The number of aryl methyl sites for hydroxylation is 1. The highest BCUT2D eigenvalue weighted by atomic mass is 16.4. The highest BCUT2D eigenvalue weighted by Gasteiger charge is 2.15. The summed E-state index contributed by atoms with van der Waals surface area (Å²) in [4.78, 5) is 14.9. The molecular weight excluding hydrogens is 202 g/mol. The van der Waals surface area contributed by atoms with Gasteiger partial charge in [-0.15, -0.1) is 0 Å². The number of carboxylic acids is 1. The summed E-state index contributed by atoms with van der Waals surface area (Å²) in [6.07, 6.45) is 2.69. The maximum absolute atomic E-state index is 10.4. The van der Waals surface area contributed by atoms with E-state index < -0.39 is 5.97 Å². The Balaban J connectivity index is 3.05. The molecule has 3 heteroatoms. The van der Waals surface area contributed by atoms with Gasteiger partial charge in [0.1, 0.15) is 0 Å². The highest BCUT2D eigenvalue weighted by Crippen LogP contribution is 2.21. The van der Waals surface area contributed by atoms with Crippen molar-refractivity contribution in [2.24, 2.45) is 0 Å². The first-order valence-corrected chi connectivity index (χ1v) is 5.20. The molecule has 1 rings (SSSR count). The summed E-state index contributed by atoms with van der Waals surface area (Å²) < 4.78 is 0. The Kier molecular flexibility index (Phi) is 3.48. The molecule has 0 amide bonds. The molecular formula is C13H17NO2. The second kappa shape index (κ2) is 4.47. The summed E-state index contributed by atoms with van der Waals surface area (Å²) in [6, 6.07) is 3.84. The van der Waals surface area contributed by atoms with Crippen LogP contribution >= 0.6 is 0 Å². The normalized spacial score (nSPS) is 12.0. The van der Waals surface area contributed by atoms with Gasteiger partial charge in [-0.05, 0) is 24.6 Å². The summed E-state index contributed by atoms with van der Waals surface area (Å²) >= 11 is 0. The number of carbonyl (C=O) groups is 1. The van der Waals surface area contributed by atoms with Crippen LogP contribution in [0.2, 0.25) is 0 Å². The maximum Gasteiger partial charge on any atom is 0.328 e. The van der Waals surface area contributed by atoms with E-state index in [-0.39, 0.29) is 5.41 Å². The molecule has 0 aliphatic rings. The summed E-state index contributed by atoms with van der Waals surface area (Å²) in [5, 5.41) is 8.54. The van der Waals surface area contributed by atoms with Crippen LogP contribution < -0.4 is 0 Å². The van der Waals surface area contributed by atoms with Crippen molar-refractivity contribution in [2.45, 2.75) is 33.1 Å². The number of carboxylic acid groups (broad SMARTS) is 1. The first-order chi connectivity index (χ1) is 7.30. The van der Waals surface area contributed by atoms with Gasteiger partial charge in [0.25, 0.3) is 0 Å². The van der Waals surface area contributed by atoms with E-state index >= 15 is 0 Å². The number of hydrogen-bond donors (Lipinski definition) is 1. The summed E-state index contributed by atoms with van der Waals surface area (Å²) in [5.41, 5.74) is 2.72. The number of nitrogens with zero attached hydrogens (tertiary/aromatic N) is 1. The molecule has 1 aromatic rings. The molecule has 86 valence electrons. The Morgan fingerprint density at radius 2 is 2.00 bits per heavy atom. The minimum atomic E-state index is -0.945. The van der Waals surface area contributed by atoms with Crippen molar-refractivity contribution in [1.29, 1.82) is 0 Å². The molecule has 0 aliphatic heterocycles. The van der Waals surface area contributed by atoms with Crippen molar-refractivity contribution in [3.8, 4) is 0 Å². The lowest BCUT2D eigenvalue weighted by molar-refractivity contribution is -0.131. The lowest BCUT2D eigenvalue weighted by Gasteiger charge is -2.18. The van der Waals surface area contributed by atoms with Crippen LogP contribution in [-0.2, 0) is 10.2 Å². The van der Waals surface area contributed by atoms with Crippen molar-refractivity contribution in [3.05, 3.63) is 35.2 Å². The predicted molar refractivity (Wildman–Crippen MR) is 64.3 cm³/mol. The number of aromatic nitrogens is 1. The zero-order valence-electron chi connectivity index (χ0n) is 10.1. The van der Waals surface area contributed by atoms with E-state index in [1.165, 1.54) is 0 Å². The van der Waals surface area contributed by atoms with Crippen LogP contribution in [0.4, 0.5) is 0 Å². The number of hydrogen-bond acceptors (Lipinski definition) is 2. The van der Waals surface area contributed by atoms with Gasteiger partial charge in [-0.1, -0.05) is 26.8 Å². The van der Waals surface area contributed by atoms with Crippen molar-refractivity contribution in [3.63, 3.8) is 0 Å². The van der Waals surface area contributed by atoms with Crippen LogP contribution in [0.5, 0.6) is 0 Å². The molecule has 16 heavy (non-hydrogen) atoms. The van der Waals surface area contributed by atoms with Crippen LogP contribution in [0.25, 0.3) is 6.08 Å². The molecule has 0 radical (unpaired) electrons. The quantitative estimate of drug-likeness (QED) is 0.778. The molecule has 1 N–H and O–H groups in total. The zero-order valence-corrected chi connectivity index (χ0v) is 10.1. The third kappa shape index (κ3) is 3.19. The molecule has 0 unspecified atom stereocenters. The van der Waals surface area contributed by atoms with Crippen LogP contribution in [0.3, 0.4) is 0 Å². The van der Waals surface area contributed by atoms with Crippen LogP contribution in [0.15, 0.2) is 18.2 Å². The largest absolute Gasteiger partial charge is 0.478 e. The minimum Gasteiger partial charge on any atom is -0.478 e. The van der Waals surface area contributed by atoms with Gasteiger partial charge in [0.05, 0.1) is 0 Å². The minimum absolute atomic E-state index is 0.0137. The molecule has 0 spiro atoms. The number of rotatable bonds is 2. The average molecular weight is 219 g/mol. The topological polar surface area (TPSA) is 50.2 Å². The van der Waals surface area contributed by atoms with Gasteiger partial charge in [0.2, 0.25) is 0 Å². The van der Waals surface area contributed by atoms with Crippen molar-refractivity contribution >= 4 is 12.0 Å². The zero-order chi connectivity index (χ0) is 12.3. The van der Waals surface area contributed by atoms with Gasteiger partial charge in [-0.25, -0.2) is 4.79 Å². The lowest BCUT2D eigenvalue weighted by atomic mass is 9.91. The smallest absolute Gasteiger partial charge is 0.328 e. The monoisotopic (exact) mass is 219 g/mol. The van der Waals surface area contributed by atoms with E-state index in [2.05, 4.69) is 25.8 Å². The van der Waals surface area contributed by atoms with E-state index in [1.807, 2.05) is 19.1 Å². The summed E-state index contributed by atoms with van der Waals surface area (Å²) in [5.74, 6) is -0.945. The molecule has 0 atom stereocenters. The Morgan fingerprint density at radius 1 is 1.38 bits per heavy atom. The summed E-state index contributed by atoms with van der Waals surface area (Å²) in [7, 11) is 0. The molecule has 1 aromatic heterocycles. The SMILES string of the molecule is Cc1nc(C(C)(C)C)ccc1C=CC(=O)O. The van der Waals surface area contributed by atoms with Crippen LogP contribution in [0, 0.1) is 6.92 Å². The molecule has 1 heterocycles. The van der Waals surface area contributed by atoms with E-state index in [0.717, 1.165) is 23.0 Å². The second-order valence-electron chi connectivity index (χ2n) is 4.79. The first-order valence-electron chi connectivity index (χ1n) is 5.20. The molecule has 0 aromatic carbocycles. The molecule has 0 fully saturated rings. The van der Waals surface area contributed by atoms with Gasteiger partial charge in [0.15, 0.2) is 0 Å². The second-order valence-corrected chi connectivity index (χ2v) is 4.79. The Hall–Kier alpha value is -1.64. The van der Waals surface area contributed by atoms with E-state index in [9.17, 15) is 4.79 Å². The number of aliphatic carboxylic acids is 1. The molecule has 0 aliphatic carbocycles. The fourth-order valence-corrected chi connectivity index (χ4v) is 1.33. The summed E-state index contributed by atoms with van der Waals surface area (Å²) in [6.45, 7) is 8.18. The Labute approximate surface area is 95.8 Å². The third-order valence-electron chi connectivity index (χ3n) is 2.30. The molecule has 0 saturated carbocycles. The van der Waals surface area contributed by atoms with E-state index in [0.29, 0.717) is 0 Å². The lowest BCUT2D eigenvalue weighted by Crippen LogP contribution is -2.14. The fourth-order valence-electron chi connectivity index (χ4n) is 1.33. The average Bonchev–Trinajstić information content (AvgIpc) is 2.14.